The Labute approximate surface area is 94.3 Å². The summed E-state index contributed by atoms with van der Waals surface area (Å²) in [6.45, 7) is 4.54. The molecule has 0 aliphatic heterocycles. The summed E-state index contributed by atoms with van der Waals surface area (Å²) in [7, 11) is 1.64. The molecule has 88 valence electrons. The van der Waals surface area contributed by atoms with Crippen LogP contribution in [0.2, 0.25) is 0 Å². The molecule has 5 heteroatoms. The Kier molecular flexibility index (Phi) is 3.82. The SMILES string of the molecule is CC(C)CN(C)C(=O)c1ccnc(N)c1F. The van der Waals surface area contributed by atoms with Crippen LogP contribution in [0.15, 0.2) is 12.3 Å². The van der Waals surface area contributed by atoms with E-state index in [0.717, 1.165) is 0 Å². The van der Waals surface area contributed by atoms with Gasteiger partial charge in [0.05, 0.1) is 5.56 Å². The van der Waals surface area contributed by atoms with Gasteiger partial charge in [-0.25, -0.2) is 9.37 Å². The standard InChI is InChI=1S/C11H16FN3O/c1-7(2)6-15(3)11(16)8-4-5-14-10(13)9(8)12/h4-5,7H,6H2,1-3H3,(H2,13,14). The lowest BCUT2D eigenvalue weighted by atomic mass is 10.1. The number of hydrogen-bond acceptors (Lipinski definition) is 3. The fraction of sp³-hybridized carbons (Fsp3) is 0.455. The van der Waals surface area contributed by atoms with Gasteiger partial charge in [0.25, 0.3) is 5.91 Å². The van der Waals surface area contributed by atoms with Crippen molar-refractivity contribution in [2.45, 2.75) is 13.8 Å². The smallest absolute Gasteiger partial charge is 0.256 e. The predicted octanol–water partition coefficient (Wildman–Crippen LogP) is 1.53. The van der Waals surface area contributed by atoms with Gasteiger partial charge in [-0.15, -0.1) is 0 Å². The largest absolute Gasteiger partial charge is 0.381 e. The number of hydrogen-bond donors (Lipinski definition) is 1. The number of aromatic nitrogens is 1. The first-order valence-electron chi connectivity index (χ1n) is 5.09. The van der Waals surface area contributed by atoms with Crippen molar-refractivity contribution in [3.8, 4) is 0 Å². The Morgan fingerprint density at radius 1 is 1.62 bits per heavy atom. The third kappa shape index (κ3) is 2.68. The number of nitrogens with two attached hydrogens (primary N) is 1. The Balaban J connectivity index is 2.92. The zero-order valence-corrected chi connectivity index (χ0v) is 9.70. The molecule has 1 rings (SSSR count). The molecule has 1 amide bonds. The molecular weight excluding hydrogens is 209 g/mol. The number of carbonyl (C=O) groups excluding carboxylic acids is 1. The second-order valence-corrected chi connectivity index (χ2v) is 4.14. The number of nitrogen functional groups attached to an aromatic ring is 1. The maximum atomic E-state index is 13.5. The second-order valence-electron chi connectivity index (χ2n) is 4.14. The van der Waals surface area contributed by atoms with Crippen molar-refractivity contribution in [3.63, 3.8) is 0 Å². The highest BCUT2D eigenvalue weighted by Crippen LogP contribution is 2.14. The van der Waals surface area contributed by atoms with Crippen LogP contribution in [0.1, 0.15) is 24.2 Å². The molecule has 4 nitrogen and oxygen atoms in total. The average Bonchev–Trinajstić information content (AvgIpc) is 2.20. The molecule has 0 bridgehead atoms. The van der Waals surface area contributed by atoms with Crippen LogP contribution >= 0.6 is 0 Å². The zero-order chi connectivity index (χ0) is 12.3. The van der Waals surface area contributed by atoms with Crippen molar-refractivity contribution in [1.82, 2.24) is 9.88 Å². The summed E-state index contributed by atoms with van der Waals surface area (Å²) in [6.07, 6.45) is 1.33. The number of halogens is 1. The van der Waals surface area contributed by atoms with E-state index in [9.17, 15) is 9.18 Å². The van der Waals surface area contributed by atoms with Crippen molar-refractivity contribution in [2.75, 3.05) is 19.3 Å². The molecule has 0 radical (unpaired) electrons. The summed E-state index contributed by atoms with van der Waals surface area (Å²) in [4.78, 5) is 16.9. The molecule has 0 spiro atoms. The van der Waals surface area contributed by atoms with Gasteiger partial charge in [-0.05, 0) is 12.0 Å². The van der Waals surface area contributed by atoms with Gasteiger partial charge in [-0.1, -0.05) is 13.8 Å². The second kappa shape index (κ2) is 4.92. The van der Waals surface area contributed by atoms with Crippen LogP contribution in [-0.4, -0.2) is 29.4 Å². The molecule has 0 fully saturated rings. The fourth-order valence-corrected chi connectivity index (χ4v) is 1.46. The Morgan fingerprint density at radius 3 is 2.81 bits per heavy atom. The molecule has 0 aliphatic carbocycles. The van der Waals surface area contributed by atoms with Crippen molar-refractivity contribution in [1.29, 1.82) is 0 Å². The third-order valence-electron chi connectivity index (χ3n) is 2.13. The van der Waals surface area contributed by atoms with Gasteiger partial charge in [-0.2, -0.15) is 0 Å². The number of rotatable bonds is 3. The normalized spacial score (nSPS) is 10.6. The van der Waals surface area contributed by atoms with Gasteiger partial charge >= 0.3 is 0 Å². The van der Waals surface area contributed by atoms with Crippen LogP contribution in [0.4, 0.5) is 10.2 Å². The highest BCUT2D eigenvalue weighted by atomic mass is 19.1. The van der Waals surface area contributed by atoms with E-state index in [4.69, 9.17) is 5.73 Å². The van der Waals surface area contributed by atoms with Crippen LogP contribution in [-0.2, 0) is 0 Å². The minimum Gasteiger partial charge on any atom is -0.381 e. The topological polar surface area (TPSA) is 59.2 Å². The summed E-state index contributed by atoms with van der Waals surface area (Å²) in [6, 6.07) is 1.34. The third-order valence-corrected chi connectivity index (χ3v) is 2.13. The van der Waals surface area contributed by atoms with Gasteiger partial charge in [0.2, 0.25) is 0 Å². The predicted molar refractivity (Wildman–Crippen MR) is 60.4 cm³/mol. The van der Waals surface area contributed by atoms with Gasteiger partial charge in [0.1, 0.15) is 0 Å². The van der Waals surface area contributed by atoms with Crippen LogP contribution < -0.4 is 5.73 Å². The first-order chi connectivity index (χ1) is 7.43. The van der Waals surface area contributed by atoms with Crippen LogP contribution in [0.5, 0.6) is 0 Å². The van der Waals surface area contributed by atoms with E-state index in [2.05, 4.69) is 4.98 Å². The summed E-state index contributed by atoms with van der Waals surface area (Å²) >= 11 is 0. The number of amides is 1. The lowest BCUT2D eigenvalue weighted by Crippen LogP contribution is -2.31. The van der Waals surface area contributed by atoms with Crippen molar-refractivity contribution >= 4 is 11.7 Å². The van der Waals surface area contributed by atoms with Crippen molar-refractivity contribution in [3.05, 3.63) is 23.6 Å². The Bertz CT molecular complexity index is 393. The van der Waals surface area contributed by atoms with Crippen molar-refractivity contribution in [2.24, 2.45) is 5.92 Å². The van der Waals surface area contributed by atoms with Crippen LogP contribution in [0.3, 0.4) is 0 Å². The molecular formula is C11H16FN3O. The molecule has 0 saturated heterocycles. The summed E-state index contributed by atoms with van der Waals surface area (Å²) in [5.74, 6) is -1.04. The highest BCUT2D eigenvalue weighted by molar-refractivity contribution is 5.94. The van der Waals surface area contributed by atoms with E-state index in [0.29, 0.717) is 12.5 Å². The number of carbonyl (C=O) groups is 1. The lowest BCUT2D eigenvalue weighted by molar-refractivity contribution is 0.0774. The minimum absolute atomic E-state index is 0.0318. The summed E-state index contributed by atoms with van der Waals surface area (Å²) in [5, 5.41) is 0. The quantitative estimate of drug-likeness (QED) is 0.848. The van der Waals surface area contributed by atoms with Crippen molar-refractivity contribution < 1.29 is 9.18 Å². The zero-order valence-electron chi connectivity index (χ0n) is 9.70. The first-order valence-corrected chi connectivity index (χ1v) is 5.09. The molecule has 0 atom stereocenters. The Hall–Kier alpha value is -1.65. The molecule has 2 N–H and O–H groups in total. The molecule has 0 aromatic carbocycles. The van der Waals surface area contributed by atoms with Crippen LogP contribution in [0.25, 0.3) is 0 Å². The van der Waals surface area contributed by atoms with E-state index in [1.807, 2.05) is 13.8 Å². The minimum atomic E-state index is -0.747. The fourth-order valence-electron chi connectivity index (χ4n) is 1.46. The Morgan fingerprint density at radius 2 is 2.25 bits per heavy atom. The number of nitrogens with zero attached hydrogens (tertiary/aromatic N) is 2. The van der Waals surface area contributed by atoms with E-state index < -0.39 is 5.82 Å². The number of anilines is 1. The highest BCUT2D eigenvalue weighted by Gasteiger charge is 2.18. The monoisotopic (exact) mass is 225 g/mol. The van der Waals surface area contributed by atoms with E-state index in [-0.39, 0.29) is 17.3 Å². The first kappa shape index (κ1) is 12.4. The number of pyridine rings is 1. The molecule has 1 heterocycles. The van der Waals surface area contributed by atoms with Crippen LogP contribution in [0, 0.1) is 11.7 Å². The molecule has 0 saturated carbocycles. The summed E-state index contributed by atoms with van der Waals surface area (Å²) in [5.41, 5.74) is 5.27. The summed E-state index contributed by atoms with van der Waals surface area (Å²) < 4.78 is 13.5. The average molecular weight is 225 g/mol. The lowest BCUT2D eigenvalue weighted by Gasteiger charge is -2.19. The molecule has 1 aromatic rings. The molecule has 0 aliphatic rings. The molecule has 0 unspecified atom stereocenters. The van der Waals surface area contributed by atoms with Gasteiger partial charge < -0.3 is 10.6 Å². The van der Waals surface area contributed by atoms with E-state index in [1.54, 1.807) is 7.05 Å². The van der Waals surface area contributed by atoms with Gasteiger partial charge in [-0.3, -0.25) is 4.79 Å². The maximum Gasteiger partial charge on any atom is 0.256 e. The van der Waals surface area contributed by atoms with E-state index in [1.165, 1.54) is 17.2 Å². The molecule has 1 aromatic heterocycles. The molecule has 16 heavy (non-hydrogen) atoms. The maximum absolute atomic E-state index is 13.5. The van der Waals surface area contributed by atoms with Gasteiger partial charge in [0, 0.05) is 19.8 Å². The van der Waals surface area contributed by atoms with Gasteiger partial charge in [0.15, 0.2) is 11.6 Å². The van der Waals surface area contributed by atoms with E-state index >= 15 is 0 Å².